The molecule has 2 aromatic heterocycles. The van der Waals surface area contributed by atoms with E-state index < -0.39 is 28.3 Å². The number of carbonyl (C=O) groups excluding carboxylic acids is 1. The second kappa shape index (κ2) is 8.43. The normalized spacial score (nSPS) is 16.6. The number of hydrogen-bond donors (Lipinski definition) is 1. The first kappa shape index (κ1) is 20.9. The van der Waals surface area contributed by atoms with Gasteiger partial charge >= 0.3 is 0 Å². The van der Waals surface area contributed by atoms with Crippen molar-refractivity contribution in [1.82, 2.24) is 14.7 Å². The number of benzene rings is 1. The van der Waals surface area contributed by atoms with Crippen molar-refractivity contribution in [3.05, 3.63) is 89.0 Å². The number of carbonyl (C=O) groups is 1. The number of nitrogens with zero attached hydrogens (tertiary/aromatic N) is 2. The minimum atomic E-state index is -4.02. The minimum Gasteiger partial charge on any atom is -0.352 e. The number of alkyl halides is 1. The molecule has 0 bridgehead atoms. The maximum Gasteiger partial charge on any atom is 0.224 e. The van der Waals surface area contributed by atoms with Crippen LogP contribution in [-0.2, 0) is 27.6 Å². The molecule has 0 fully saturated rings. The molecule has 1 N–H and O–H groups in total. The van der Waals surface area contributed by atoms with Crippen LogP contribution in [-0.4, -0.2) is 29.9 Å². The molecule has 4 rings (SSSR count). The maximum absolute atomic E-state index is 13.5. The molecule has 3 aromatic rings. The van der Waals surface area contributed by atoms with Gasteiger partial charge in [0.1, 0.15) is 17.6 Å². The monoisotopic (exact) mass is 443 g/mol. The number of sulfone groups is 1. The Kier molecular flexibility index (Phi) is 5.69. The highest BCUT2D eigenvalue weighted by atomic mass is 32.2. The molecule has 31 heavy (non-hydrogen) atoms. The van der Waals surface area contributed by atoms with Crippen LogP contribution in [0, 0.1) is 0 Å². The molecule has 1 aromatic carbocycles. The van der Waals surface area contributed by atoms with Crippen molar-refractivity contribution in [2.75, 3.05) is 0 Å². The second-order valence-corrected chi connectivity index (χ2v) is 9.16. The van der Waals surface area contributed by atoms with E-state index in [9.17, 15) is 22.0 Å². The number of aromatic nitrogens is 2. The standard InChI is InChI=1S/C22H19F2N3O3S/c23-17-10-18(24)12-20(11-17)31(29,30)19-4-1-15(2-5-19)13-26-22(28)9-16-3-6-21-25-7-8-27(21)14-16/h1-8,11-12,14,17H,9-10,13H2,(H,26,28). The molecule has 6 nitrogen and oxygen atoms in total. The number of rotatable bonds is 6. The second-order valence-electron chi connectivity index (χ2n) is 7.21. The summed E-state index contributed by atoms with van der Waals surface area (Å²) >= 11 is 0. The molecule has 0 spiro atoms. The highest BCUT2D eigenvalue weighted by molar-refractivity contribution is 7.95. The van der Waals surface area contributed by atoms with Crippen LogP contribution in [0.1, 0.15) is 17.5 Å². The predicted octanol–water partition coefficient (Wildman–Crippen LogP) is 3.45. The Bertz CT molecular complexity index is 1300. The van der Waals surface area contributed by atoms with E-state index in [2.05, 4.69) is 10.3 Å². The third-order valence-electron chi connectivity index (χ3n) is 4.88. The highest BCUT2D eigenvalue weighted by Gasteiger charge is 2.25. The van der Waals surface area contributed by atoms with Gasteiger partial charge in [0.2, 0.25) is 15.7 Å². The summed E-state index contributed by atoms with van der Waals surface area (Å²) in [6.45, 7) is 0.219. The highest BCUT2D eigenvalue weighted by Crippen LogP contribution is 2.28. The van der Waals surface area contributed by atoms with Crippen LogP contribution >= 0.6 is 0 Å². The molecule has 0 radical (unpaired) electrons. The molecule has 0 aliphatic heterocycles. The summed E-state index contributed by atoms with van der Waals surface area (Å²) < 4.78 is 54.0. The van der Waals surface area contributed by atoms with Crippen LogP contribution in [0.5, 0.6) is 0 Å². The topological polar surface area (TPSA) is 80.5 Å². The van der Waals surface area contributed by atoms with Crippen LogP contribution in [0.15, 0.2) is 82.8 Å². The molecular weight excluding hydrogens is 424 g/mol. The lowest BCUT2D eigenvalue weighted by Gasteiger charge is -2.13. The first-order valence-corrected chi connectivity index (χ1v) is 11.0. The lowest BCUT2D eigenvalue weighted by atomic mass is 10.1. The average molecular weight is 443 g/mol. The van der Waals surface area contributed by atoms with Gasteiger partial charge in [0.05, 0.1) is 16.2 Å². The molecular formula is C22H19F2N3O3S. The number of pyridine rings is 1. The van der Waals surface area contributed by atoms with E-state index in [0.29, 0.717) is 5.56 Å². The fraction of sp³-hybridized carbons (Fsp3) is 0.182. The fourth-order valence-electron chi connectivity index (χ4n) is 3.29. The molecule has 9 heteroatoms. The Morgan fingerprint density at radius 1 is 1.16 bits per heavy atom. The van der Waals surface area contributed by atoms with Crippen molar-refractivity contribution in [2.45, 2.75) is 30.5 Å². The molecule has 0 saturated heterocycles. The summed E-state index contributed by atoms with van der Waals surface area (Å²) in [5.41, 5.74) is 2.32. The van der Waals surface area contributed by atoms with Gasteiger partial charge in [-0.2, -0.15) is 0 Å². The number of fused-ring (bicyclic) bond motifs is 1. The maximum atomic E-state index is 13.5. The Morgan fingerprint density at radius 3 is 2.65 bits per heavy atom. The van der Waals surface area contributed by atoms with Gasteiger partial charge < -0.3 is 9.72 Å². The van der Waals surface area contributed by atoms with Crippen molar-refractivity contribution in [2.24, 2.45) is 0 Å². The summed E-state index contributed by atoms with van der Waals surface area (Å²) in [5.74, 6) is -0.988. The van der Waals surface area contributed by atoms with E-state index in [1.807, 2.05) is 22.7 Å². The average Bonchev–Trinajstić information content (AvgIpc) is 3.20. The van der Waals surface area contributed by atoms with E-state index >= 15 is 0 Å². The molecule has 1 atom stereocenters. The molecule has 1 aliphatic rings. The third kappa shape index (κ3) is 4.72. The largest absolute Gasteiger partial charge is 0.352 e. The zero-order valence-electron chi connectivity index (χ0n) is 16.3. The van der Waals surface area contributed by atoms with E-state index in [1.54, 1.807) is 24.5 Å². The summed E-state index contributed by atoms with van der Waals surface area (Å²) in [6.07, 6.45) is 5.14. The van der Waals surface area contributed by atoms with Crippen molar-refractivity contribution in [3.8, 4) is 0 Å². The number of hydrogen-bond acceptors (Lipinski definition) is 4. The van der Waals surface area contributed by atoms with Gasteiger partial charge in [-0.25, -0.2) is 22.2 Å². The summed E-state index contributed by atoms with van der Waals surface area (Å²) in [4.78, 5) is 15.9. The SMILES string of the molecule is O=C(Cc1ccc2nccn2c1)NCc1ccc(S(=O)(=O)C2=CC(F)CC(F)=C2)cc1. The minimum absolute atomic E-state index is 0.0689. The lowest BCUT2D eigenvalue weighted by molar-refractivity contribution is -0.120. The van der Waals surface area contributed by atoms with Crippen LogP contribution in [0.4, 0.5) is 8.78 Å². The Morgan fingerprint density at radius 2 is 1.90 bits per heavy atom. The first-order valence-electron chi connectivity index (χ1n) is 9.55. The van der Waals surface area contributed by atoms with Crippen molar-refractivity contribution >= 4 is 21.4 Å². The van der Waals surface area contributed by atoms with E-state index in [-0.39, 0.29) is 28.7 Å². The Balaban J connectivity index is 1.38. The first-order chi connectivity index (χ1) is 14.8. The van der Waals surface area contributed by atoms with Crippen LogP contribution in [0.2, 0.25) is 0 Å². The Hall–Kier alpha value is -3.33. The van der Waals surface area contributed by atoms with Crippen molar-refractivity contribution in [1.29, 1.82) is 0 Å². The van der Waals surface area contributed by atoms with Gasteiger partial charge in [-0.15, -0.1) is 0 Å². The smallest absolute Gasteiger partial charge is 0.224 e. The molecule has 160 valence electrons. The molecule has 2 heterocycles. The van der Waals surface area contributed by atoms with E-state index in [4.69, 9.17) is 0 Å². The zero-order chi connectivity index (χ0) is 22.0. The number of nitrogens with one attached hydrogen (secondary N) is 1. The fourth-order valence-corrected chi connectivity index (χ4v) is 4.67. The summed E-state index contributed by atoms with van der Waals surface area (Å²) in [6, 6.07) is 9.50. The van der Waals surface area contributed by atoms with Gasteiger partial charge in [0.15, 0.2) is 0 Å². The number of allylic oxidation sites excluding steroid dienone is 3. The van der Waals surface area contributed by atoms with E-state index in [1.165, 1.54) is 12.1 Å². The van der Waals surface area contributed by atoms with E-state index in [0.717, 1.165) is 23.4 Å². The van der Waals surface area contributed by atoms with Gasteiger partial charge in [0.25, 0.3) is 0 Å². The molecule has 1 amide bonds. The number of imidazole rings is 1. The van der Waals surface area contributed by atoms with Crippen molar-refractivity contribution < 1.29 is 22.0 Å². The molecule has 1 unspecified atom stereocenters. The van der Waals surface area contributed by atoms with Crippen molar-refractivity contribution in [3.63, 3.8) is 0 Å². The Labute approximate surface area is 177 Å². The third-order valence-corrected chi connectivity index (χ3v) is 6.65. The van der Waals surface area contributed by atoms with Gasteiger partial charge in [-0.1, -0.05) is 18.2 Å². The lowest BCUT2D eigenvalue weighted by Crippen LogP contribution is -2.24. The number of amides is 1. The van der Waals surface area contributed by atoms with Crippen LogP contribution in [0.3, 0.4) is 0 Å². The van der Waals surface area contributed by atoms with Crippen LogP contribution in [0.25, 0.3) is 5.65 Å². The van der Waals surface area contributed by atoms with Gasteiger partial charge in [-0.05, 0) is 41.5 Å². The quantitative estimate of drug-likeness (QED) is 0.633. The summed E-state index contributed by atoms with van der Waals surface area (Å²) in [5, 5.41) is 2.79. The molecule has 1 aliphatic carbocycles. The molecule has 0 saturated carbocycles. The van der Waals surface area contributed by atoms with Crippen LogP contribution < -0.4 is 5.32 Å². The zero-order valence-corrected chi connectivity index (χ0v) is 17.1. The number of halogens is 2. The predicted molar refractivity (Wildman–Crippen MR) is 111 cm³/mol. The van der Waals surface area contributed by atoms with Gasteiger partial charge in [0, 0.05) is 31.6 Å². The van der Waals surface area contributed by atoms with Gasteiger partial charge in [-0.3, -0.25) is 4.79 Å². The summed E-state index contributed by atoms with van der Waals surface area (Å²) in [7, 11) is -4.02.